The second kappa shape index (κ2) is 11.6. The van der Waals surface area contributed by atoms with Gasteiger partial charge in [-0.3, -0.25) is 14.4 Å². The highest BCUT2D eigenvalue weighted by molar-refractivity contribution is 7.89. The summed E-state index contributed by atoms with van der Waals surface area (Å²) in [6.07, 6.45) is -0.430. The zero-order valence-corrected chi connectivity index (χ0v) is 23.8. The third-order valence-corrected chi connectivity index (χ3v) is 8.50. The van der Waals surface area contributed by atoms with Crippen molar-refractivity contribution in [1.29, 1.82) is 0 Å². The summed E-state index contributed by atoms with van der Waals surface area (Å²) in [5.74, 6) is -0.822. The Morgan fingerprint density at radius 1 is 0.795 bits per heavy atom. The van der Waals surface area contributed by atoms with E-state index in [1.807, 2.05) is 24.3 Å². The first-order valence-corrected chi connectivity index (χ1v) is 15.0. The SMILES string of the molecule is O=C(O)CC(NS(=O)(=O)c1cccc(-c2cccc(Nc3c(Nc4nc5ccccc5[nH]4)c(=O)c3=O)c2)c1)c1ccccc1. The third kappa shape index (κ3) is 5.84. The first kappa shape index (κ1) is 28.5. The van der Waals surface area contributed by atoms with Crippen LogP contribution in [0.5, 0.6) is 0 Å². The van der Waals surface area contributed by atoms with Gasteiger partial charge in [0, 0.05) is 5.69 Å². The van der Waals surface area contributed by atoms with E-state index in [2.05, 4.69) is 25.3 Å². The molecule has 1 aromatic heterocycles. The number of hydrogen-bond acceptors (Lipinski definition) is 8. The number of nitrogens with one attached hydrogen (secondary N) is 4. The number of nitrogens with zero attached hydrogens (tertiary/aromatic N) is 1. The molecule has 0 aliphatic heterocycles. The van der Waals surface area contributed by atoms with Crippen LogP contribution in [0.1, 0.15) is 18.0 Å². The number of imidazole rings is 1. The van der Waals surface area contributed by atoms with Crippen molar-refractivity contribution in [3.8, 4) is 11.1 Å². The van der Waals surface area contributed by atoms with Crippen LogP contribution in [0, 0.1) is 0 Å². The molecule has 220 valence electrons. The molecule has 1 unspecified atom stereocenters. The number of carboxylic acids is 1. The van der Waals surface area contributed by atoms with E-state index in [1.54, 1.807) is 66.7 Å². The smallest absolute Gasteiger partial charge is 0.305 e. The van der Waals surface area contributed by atoms with Crippen LogP contribution in [0.4, 0.5) is 23.0 Å². The lowest BCUT2D eigenvalue weighted by Gasteiger charge is -2.18. The van der Waals surface area contributed by atoms with Gasteiger partial charge in [-0.2, -0.15) is 0 Å². The van der Waals surface area contributed by atoms with Gasteiger partial charge in [0.1, 0.15) is 11.4 Å². The molecule has 11 nitrogen and oxygen atoms in total. The third-order valence-electron chi connectivity index (χ3n) is 7.03. The van der Waals surface area contributed by atoms with E-state index in [1.165, 1.54) is 12.1 Å². The molecule has 1 heterocycles. The maximum absolute atomic E-state index is 13.3. The Bertz CT molecular complexity index is 2150. The zero-order chi connectivity index (χ0) is 30.8. The summed E-state index contributed by atoms with van der Waals surface area (Å²) in [5.41, 5.74) is 2.51. The number of H-pyrrole nitrogens is 1. The molecule has 0 fully saturated rings. The number of fused-ring (bicyclic) bond motifs is 1. The first-order chi connectivity index (χ1) is 21.2. The normalized spacial score (nSPS) is 12.3. The fourth-order valence-electron chi connectivity index (χ4n) is 4.87. The molecule has 0 bridgehead atoms. The lowest BCUT2D eigenvalue weighted by molar-refractivity contribution is -0.137. The number of carbonyl (C=O) groups is 1. The fourth-order valence-corrected chi connectivity index (χ4v) is 6.14. The van der Waals surface area contributed by atoms with Crippen LogP contribution in [0.25, 0.3) is 22.2 Å². The number of aromatic nitrogens is 2. The topological polar surface area (TPSA) is 170 Å². The fraction of sp³-hybridized carbons (Fsp3) is 0.0625. The van der Waals surface area contributed by atoms with Crippen molar-refractivity contribution < 1.29 is 18.3 Å². The Labute approximate surface area is 251 Å². The van der Waals surface area contributed by atoms with Gasteiger partial charge in [-0.1, -0.05) is 66.7 Å². The molecule has 0 saturated heterocycles. The van der Waals surface area contributed by atoms with Gasteiger partial charge >= 0.3 is 5.97 Å². The standard InChI is InChI=1S/C32H25N5O6S/c38-27(39)18-26(19-8-2-1-3-9-19)37-44(42,43)23-13-7-11-21(17-23)20-10-6-12-22(16-20)33-28-29(31(41)30(28)40)36-32-34-24-14-4-5-15-25(24)35-32/h1-17,26,33,37H,18H2,(H,38,39)(H2,34,35,36). The summed E-state index contributed by atoms with van der Waals surface area (Å²) in [4.78, 5) is 43.7. The van der Waals surface area contributed by atoms with Crippen LogP contribution in [-0.2, 0) is 14.8 Å². The van der Waals surface area contributed by atoms with E-state index in [-0.39, 0.29) is 16.3 Å². The van der Waals surface area contributed by atoms with Crippen molar-refractivity contribution in [3.63, 3.8) is 0 Å². The summed E-state index contributed by atoms with van der Waals surface area (Å²) in [6, 6.07) is 28.1. The highest BCUT2D eigenvalue weighted by Crippen LogP contribution is 2.29. The minimum absolute atomic E-state index is 0.0421. The summed E-state index contributed by atoms with van der Waals surface area (Å²) >= 11 is 0. The lowest BCUT2D eigenvalue weighted by Crippen LogP contribution is -2.36. The maximum Gasteiger partial charge on any atom is 0.305 e. The van der Waals surface area contributed by atoms with Gasteiger partial charge in [-0.05, 0) is 53.1 Å². The largest absolute Gasteiger partial charge is 0.481 e. The number of anilines is 4. The predicted octanol–water partition coefficient (Wildman–Crippen LogP) is 4.81. The average molecular weight is 608 g/mol. The molecule has 0 aliphatic rings. The predicted molar refractivity (Wildman–Crippen MR) is 168 cm³/mol. The van der Waals surface area contributed by atoms with Crippen LogP contribution in [0.2, 0.25) is 0 Å². The molecule has 1 atom stereocenters. The van der Waals surface area contributed by atoms with Crippen molar-refractivity contribution >= 4 is 50.0 Å². The summed E-state index contributed by atoms with van der Waals surface area (Å²) < 4.78 is 29.2. The lowest BCUT2D eigenvalue weighted by atomic mass is 10.0. The van der Waals surface area contributed by atoms with Crippen molar-refractivity contribution in [2.24, 2.45) is 0 Å². The Hall–Kier alpha value is -5.59. The highest BCUT2D eigenvalue weighted by Gasteiger charge is 2.25. The first-order valence-electron chi connectivity index (χ1n) is 13.5. The molecule has 0 spiro atoms. The van der Waals surface area contributed by atoms with E-state index < -0.39 is 39.3 Å². The number of sulfonamides is 1. The molecule has 12 heteroatoms. The Morgan fingerprint density at radius 3 is 2.18 bits per heavy atom. The van der Waals surface area contributed by atoms with Gasteiger partial charge in [0.05, 0.1) is 28.4 Å². The number of aliphatic carboxylic acids is 1. The minimum atomic E-state index is -4.10. The molecule has 0 radical (unpaired) electrons. The molecule has 0 amide bonds. The Balaban J connectivity index is 1.23. The van der Waals surface area contributed by atoms with E-state index in [0.717, 1.165) is 5.52 Å². The van der Waals surface area contributed by atoms with Gasteiger partial charge in [0.15, 0.2) is 0 Å². The number of hydrogen-bond donors (Lipinski definition) is 5. The Morgan fingerprint density at radius 2 is 1.45 bits per heavy atom. The van der Waals surface area contributed by atoms with Crippen LogP contribution >= 0.6 is 0 Å². The van der Waals surface area contributed by atoms with Gasteiger partial charge < -0.3 is 20.7 Å². The Kier molecular flexibility index (Phi) is 7.51. The van der Waals surface area contributed by atoms with Crippen LogP contribution in [0.3, 0.4) is 0 Å². The number of rotatable bonds is 11. The second-order valence-electron chi connectivity index (χ2n) is 10.1. The van der Waals surface area contributed by atoms with Gasteiger partial charge in [-0.15, -0.1) is 0 Å². The van der Waals surface area contributed by atoms with Crippen molar-refractivity contribution in [2.75, 3.05) is 10.6 Å². The number of para-hydroxylation sites is 2. The van der Waals surface area contributed by atoms with Crippen molar-refractivity contribution in [1.82, 2.24) is 14.7 Å². The molecule has 6 rings (SSSR count). The van der Waals surface area contributed by atoms with E-state index in [0.29, 0.717) is 33.8 Å². The van der Waals surface area contributed by atoms with Gasteiger partial charge in [0.25, 0.3) is 10.9 Å². The van der Waals surface area contributed by atoms with Crippen LogP contribution in [-0.4, -0.2) is 29.5 Å². The van der Waals surface area contributed by atoms with Crippen molar-refractivity contribution in [2.45, 2.75) is 17.4 Å². The second-order valence-corrected chi connectivity index (χ2v) is 11.8. The number of benzene rings is 4. The van der Waals surface area contributed by atoms with Crippen molar-refractivity contribution in [3.05, 3.63) is 129 Å². The van der Waals surface area contributed by atoms with E-state index >= 15 is 0 Å². The molecule has 0 aliphatic carbocycles. The maximum atomic E-state index is 13.3. The monoisotopic (exact) mass is 607 g/mol. The van der Waals surface area contributed by atoms with Crippen LogP contribution < -0.4 is 26.2 Å². The summed E-state index contributed by atoms with van der Waals surface area (Å²) in [7, 11) is -4.10. The molecule has 5 N–H and O–H groups in total. The van der Waals surface area contributed by atoms with E-state index in [4.69, 9.17) is 0 Å². The summed E-state index contributed by atoms with van der Waals surface area (Å²) in [5, 5.41) is 15.3. The molecule has 6 aromatic rings. The number of carboxylic acid groups (broad SMARTS) is 1. The molecular weight excluding hydrogens is 582 g/mol. The van der Waals surface area contributed by atoms with Gasteiger partial charge in [0.2, 0.25) is 16.0 Å². The highest BCUT2D eigenvalue weighted by atomic mass is 32.2. The van der Waals surface area contributed by atoms with E-state index in [9.17, 15) is 27.9 Å². The number of aromatic amines is 1. The minimum Gasteiger partial charge on any atom is -0.481 e. The average Bonchev–Trinajstić information content (AvgIpc) is 3.45. The van der Waals surface area contributed by atoms with Crippen LogP contribution in [0.15, 0.2) is 118 Å². The molecule has 5 aromatic carbocycles. The molecule has 0 saturated carbocycles. The quantitative estimate of drug-likeness (QED) is 0.130. The molecule has 44 heavy (non-hydrogen) atoms. The zero-order valence-electron chi connectivity index (χ0n) is 22.9. The molecular formula is C32H25N5O6S. The summed E-state index contributed by atoms with van der Waals surface area (Å²) in [6.45, 7) is 0. The van der Waals surface area contributed by atoms with Gasteiger partial charge in [-0.25, -0.2) is 18.1 Å².